The molecule has 0 radical (unpaired) electrons. The molecule has 3 nitrogen and oxygen atoms in total. The second-order valence-electron chi connectivity index (χ2n) is 3.47. The van der Waals surface area contributed by atoms with E-state index in [0.29, 0.717) is 12.8 Å². The molecule has 0 aromatic rings. The van der Waals surface area contributed by atoms with Crippen molar-refractivity contribution in [2.75, 3.05) is 0 Å². The van der Waals surface area contributed by atoms with Crippen molar-refractivity contribution in [2.24, 2.45) is 5.92 Å². The summed E-state index contributed by atoms with van der Waals surface area (Å²) in [4.78, 5) is 22.6. The van der Waals surface area contributed by atoms with Crippen LogP contribution in [0.4, 0.5) is 0 Å². The summed E-state index contributed by atoms with van der Waals surface area (Å²) in [5.74, 6) is -0.737. The highest BCUT2D eigenvalue weighted by molar-refractivity contribution is 6.00. The van der Waals surface area contributed by atoms with Gasteiger partial charge in [-0.2, -0.15) is 0 Å². The Morgan fingerprint density at radius 2 is 2.23 bits per heavy atom. The normalized spacial score (nSPS) is 27.4. The van der Waals surface area contributed by atoms with E-state index in [9.17, 15) is 9.59 Å². The molecule has 1 fully saturated rings. The van der Waals surface area contributed by atoms with E-state index in [1.807, 2.05) is 13.8 Å². The molecule has 0 aromatic carbocycles. The fraction of sp³-hybridized carbons (Fsp3) is 0.800. The monoisotopic (exact) mass is 184 g/mol. The van der Waals surface area contributed by atoms with Gasteiger partial charge in [0, 0.05) is 12.8 Å². The summed E-state index contributed by atoms with van der Waals surface area (Å²) in [6, 6.07) is 0. The van der Waals surface area contributed by atoms with Crippen LogP contribution in [0.15, 0.2) is 0 Å². The zero-order valence-electron chi connectivity index (χ0n) is 8.21. The number of esters is 1. The third kappa shape index (κ3) is 2.29. The van der Waals surface area contributed by atoms with Gasteiger partial charge in [-0.05, 0) is 12.8 Å². The number of carbonyl (C=O) groups excluding carboxylic acids is 2. The highest BCUT2D eigenvalue weighted by Crippen LogP contribution is 2.25. The van der Waals surface area contributed by atoms with Gasteiger partial charge in [-0.15, -0.1) is 0 Å². The van der Waals surface area contributed by atoms with E-state index in [2.05, 4.69) is 0 Å². The fourth-order valence-electron chi connectivity index (χ4n) is 1.59. The Balaban J connectivity index is 2.52. The number of carbonyl (C=O) groups is 2. The predicted molar refractivity (Wildman–Crippen MR) is 48.2 cm³/mol. The number of hydrogen-bond donors (Lipinski definition) is 0. The minimum absolute atomic E-state index is 0.0293. The molecular weight excluding hydrogens is 168 g/mol. The lowest BCUT2D eigenvalue weighted by Crippen LogP contribution is -2.18. The number of ether oxygens (including phenoxy) is 1. The van der Waals surface area contributed by atoms with Gasteiger partial charge in [-0.25, -0.2) is 0 Å². The largest absolute Gasteiger partial charge is 0.462 e. The van der Waals surface area contributed by atoms with E-state index in [1.165, 1.54) is 0 Å². The Kier molecular flexibility index (Phi) is 3.46. The quantitative estimate of drug-likeness (QED) is 0.493. The zero-order chi connectivity index (χ0) is 9.84. The number of hydrogen-bond acceptors (Lipinski definition) is 3. The highest BCUT2D eigenvalue weighted by atomic mass is 16.6. The van der Waals surface area contributed by atoms with Gasteiger partial charge < -0.3 is 4.74 Å². The van der Waals surface area contributed by atoms with Gasteiger partial charge in [-0.3, -0.25) is 9.59 Å². The van der Waals surface area contributed by atoms with E-state index in [4.69, 9.17) is 4.74 Å². The molecule has 3 heteroatoms. The molecule has 74 valence electrons. The lowest BCUT2D eigenvalue weighted by molar-refractivity contribution is -0.146. The Morgan fingerprint density at radius 1 is 1.54 bits per heavy atom. The first-order valence-corrected chi connectivity index (χ1v) is 4.92. The van der Waals surface area contributed by atoms with Crippen LogP contribution in [0.3, 0.4) is 0 Å². The summed E-state index contributed by atoms with van der Waals surface area (Å²) in [7, 11) is 0. The van der Waals surface area contributed by atoms with Crippen LogP contribution in [-0.2, 0) is 14.3 Å². The average Bonchev–Trinajstić information content (AvgIpc) is 2.47. The maximum absolute atomic E-state index is 11.4. The first-order valence-electron chi connectivity index (χ1n) is 4.92. The fourth-order valence-corrected chi connectivity index (χ4v) is 1.59. The summed E-state index contributed by atoms with van der Waals surface area (Å²) in [6.07, 6.45) is 2.67. The van der Waals surface area contributed by atoms with Gasteiger partial charge in [0.1, 0.15) is 17.8 Å². The molecule has 1 aliphatic heterocycles. The molecule has 0 N–H and O–H groups in total. The maximum atomic E-state index is 11.4. The third-order valence-electron chi connectivity index (χ3n) is 2.41. The van der Waals surface area contributed by atoms with Crippen LogP contribution in [-0.4, -0.2) is 17.9 Å². The lowest BCUT2D eigenvalue weighted by atomic mass is 9.96. The van der Waals surface area contributed by atoms with Gasteiger partial charge in [0.25, 0.3) is 0 Å². The molecule has 0 saturated carbocycles. The van der Waals surface area contributed by atoms with Crippen molar-refractivity contribution in [1.82, 2.24) is 0 Å². The van der Waals surface area contributed by atoms with E-state index < -0.39 is 5.92 Å². The molecule has 13 heavy (non-hydrogen) atoms. The van der Waals surface area contributed by atoms with Crippen molar-refractivity contribution >= 4 is 11.8 Å². The van der Waals surface area contributed by atoms with E-state index in [0.717, 1.165) is 12.8 Å². The summed E-state index contributed by atoms with van der Waals surface area (Å²) < 4.78 is 5.03. The molecule has 0 unspecified atom stereocenters. The number of cyclic esters (lactones) is 1. The van der Waals surface area contributed by atoms with Crippen molar-refractivity contribution in [3.8, 4) is 0 Å². The Hall–Kier alpha value is -0.860. The topological polar surface area (TPSA) is 43.4 Å². The van der Waals surface area contributed by atoms with Crippen LogP contribution >= 0.6 is 0 Å². The van der Waals surface area contributed by atoms with Crippen LogP contribution < -0.4 is 0 Å². The minimum Gasteiger partial charge on any atom is -0.462 e. The molecule has 1 rings (SSSR count). The highest BCUT2D eigenvalue weighted by Gasteiger charge is 2.37. The molecule has 1 saturated heterocycles. The standard InChI is InChI=1S/C10H16O3/c1-3-5-9(11)8-6-7(4-2)13-10(8)12/h7-8H,3-6H2,1-2H3/t7-,8+/m0/s1. The van der Waals surface area contributed by atoms with Crippen molar-refractivity contribution in [2.45, 2.75) is 45.6 Å². The van der Waals surface area contributed by atoms with Gasteiger partial charge in [-0.1, -0.05) is 13.8 Å². The van der Waals surface area contributed by atoms with E-state index in [-0.39, 0.29) is 17.9 Å². The number of ketones is 1. The minimum atomic E-state index is -0.468. The predicted octanol–water partition coefficient (Wildman–Crippen LogP) is 1.70. The molecule has 1 aliphatic rings. The molecule has 0 amide bonds. The summed E-state index contributed by atoms with van der Waals surface area (Å²) >= 11 is 0. The van der Waals surface area contributed by atoms with E-state index >= 15 is 0 Å². The first-order chi connectivity index (χ1) is 6.19. The maximum Gasteiger partial charge on any atom is 0.316 e. The van der Waals surface area contributed by atoms with Crippen LogP contribution in [0.25, 0.3) is 0 Å². The van der Waals surface area contributed by atoms with E-state index in [1.54, 1.807) is 0 Å². The van der Waals surface area contributed by atoms with Crippen LogP contribution in [0.2, 0.25) is 0 Å². The smallest absolute Gasteiger partial charge is 0.316 e. The van der Waals surface area contributed by atoms with Crippen LogP contribution in [0.5, 0.6) is 0 Å². The SMILES string of the molecule is CCCC(=O)[C@H]1C[C@H](CC)OC1=O. The Bertz CT molecular complexity index is 210. The third-order valence-corrected chi connectivity index (χ3v) is 2.41. The van der Waals surface area contributed by atoms with Crippen molar-refractivity contribution in [1.29, 1.82) is 0 Å². The van der Waals surface area contributed by atoms with Crippen molar-refractivity contribution < 1.29 is 14.3 Å². The number of rotatable bonds is 4. The Morgan fingerprint density at radius 3 is 2.69 bits per heavy atom. The lowest BCUT2D eigenvalue weighted by Gasteiger charge is -2.02. The van der Waals surface area contributed by atoms with Crippen LogP contribution in [0, 0.1) is 5.92 Å². The molecule has 0 aliphatic carbocycles. The zero-order valence-corrected chi connectivity index (χ0v) is 8.21. The molecule has 1 heterocycles. The Labute approximate surface area is 78.5 Å². The number of Topliss-reactive ketones (excluding diaryl/α,β-unsaturated/α-hetero) is 1. The first kappa shape index (κ1) is 10.2. The van der Waals surface area contributed by atoms with Crippen LogP contribution in [0.1, 0.15) is 39.5 Å². The molecular formula is C10H16O3. The molecule has 0 spiro atoms. The summed E-state index contributed by atoms with van der Waals surface area (Å²) in [6.45, 7) is 3.90. The van der Waals surface area contributed by atoms with Crippen molar-refractivity contribution in [3.63, 3.8) is 0 Å². The van der Waals surface area contributed by atoms with Gasteiger partial charge in [0.15, 0.2) is 0 Å². The molecule has 0 bridgehead atoms. The van der Waals surface area contributed by atoms with Gasteiger partial charge in [0.05, 0.1) is 0 Å². The molecule has 2 atom stereocenters. The molecule has 0 aromatic heterocycles. The van der Waals surface area contributed by atoms with Crippen molar-refractivity contribution in [3.05, 3.63) is 0 Å². The second kappa shape index (κ2) is 4.40. The van der Waals surface area contributed by atoms with Gasteiger partial charge in [0.2, 0.25) is 0 Å². The summed E-state index contributed by atoms with van der Waals surface area (Å²) in [5.41, 5.74) is 0. The van der Waals surface area contributed by atoms with Gasteiger partial charge >= 0.3 is 5.97 Å². The summed E-state index contributed by atoms with van der Waals surface area (Å²) in [5, 5.41) is 0. The second-order valence-corrected chi connectivity index (χ2v) is 3.47. The average molecular weight is 184 g/mol.